The van der Waals surface area contributed by atoms with Crippen molar-refractivity contribution < 1.29 is 9.84 Å². The predicted molar refractivity (Wildman–Crippen MR) is 71.7 cm³/mol. The van der Waals surface area contributed by atoms with Crippen LogP contribution in [-0.2, 0) is 4.74 Å². The Bertz CT molecular complexity index is 641. The highest BCUT2D eigenvalue weighted by Crippen LogP contribution is 2.25. The molecule has 2 atom stereocenters. The van der Waals surface area contributed by atoms with Crippen LogP contribution >= 0.6 is 11.8 Å². The SMILES string of the molecule is CSc1nc(N)c2ncn(C3C=CC(O)CO3)c2n1. The van der Waals surface area contributed by atoms with Gasteiger partial charge in [0, 0.05) is 0 Å². The zero-order chi connectivity index (χ0) is 13.4. The van der Waals surface area contributed by atoms with Crippen LogP contribution in [0, 0.1) is 0 Å². The molecule has 0 aliphatic carbocycles. The molecule has 2 aromatic heterocycles. The fourth-order valence-corrected chi connectivity index (χ4v) is 2.27. The standard InChI is InChI=1S/C11H13N5O2S/c1-19-11-14-9(12)8-10(15-11)16(5-13-8)7-3-2-6(17)4-18-7/h2-3,5-7,17H,4H2,1H3,(H2,12,14,15). The van der Waals surface area contributed by atoms with Crippen molar-refractivity contribution in [3.05, 3.63) is 18.5 Å². The molecule has 7 nitrogen and oxygen atoms in total. The van der Waals surface area contributed by atoms with Crippen molar-refractivity contribution in [1.29, 1.82) is 0 Å². The number of aliphatic hydroxyl groups excluding tert-OH is 1. The van der Waals surface area contributed by atoms with E-state index >= 15 is 0 Å². The second-order valence-electron chi connectivity index (χ2n) is 4.10. The second-order valence-corrected chi connectivity index (χ2v) is 4.87. The maximum absolute atomic E-state index is 9.38. The number of nitrogens with two attached hydrogens (primary N) is 1. The van der Waals surface area contributed by atoms with E-state index in [0.29, 0.717) is 22.1 Å². The van der Waals surface area contributed by atoms with Crippen LogP contribution in [0.4, 0.5) is 5.82 Å². The predicted octanol–water partition coefficient (Wildman–Crippen LogP) is 0.576. The molecule has 0 spiro atoms. The molecule has 0 bridgehead atoms. The van der Waals surface area contributed by atoms with Gasteiger partial charge in [-0.2, -0.15) is 0 Å². The van der Waals surface area contributed by atoms with Gasteiger partial charge in [-0.15, -0.1) is 0 Å². The summed E-state index contributed by atoms with van der Waals surface area (Å²) in [5.74, 6) is 0.355. The van der Waals surface area contributed by atoms with E-state index < -0.39 is 6.10 Å². The van der Waals surface area contributed by atoms with Crippen LogP contribution in [0.25, 0.3) is 11.2 Å². The highest BCUT2D eigenvalue weighted by atomic mass is 32.2. The number of anilines is 1. The van der Waals surface area contributed by atoms with Crippen molar-refractivity contribution in [2.45, 2.75) is 17.5 Å². The maximum atomic E-state index is 9.38. The third-order valence-electron chi connectivity index (χ3n) is 2.82. The Labute approximate surface area is 113 Å². The number of ether oxygens (including phenoxy) is 1. The first-order valence-electron chi connectivity index (χ1n) is 5.71. The molecule has 1 aliphatic rings. The number of hydrogen-bond acceptors (Lipinski definition) is 7. The molecular formula is C11H13N5O2S. The summed E-state index contributed by atoms with van der Waals surface area (Å²) in [7, 11) is 0. The van der Waals surface area contributed by atoms with Crippen LogP contribution in [0.15, 0.2) is 23.6 Å². The number of fused-ring (bicyclic) bond motifs is 1. The largest absolute Gasteiger partial charge is 0.387 e. The van der Waals surface area contributed by atoms with Crippen LogP contribution in [0.1, 0.15) is 6.23 Å². The van der Waals surface area contributed by atoms with Crippen LogP contribution in [0.5, 0.6) is 0 Å². The van der Waals surface area contributed by atoms with Gasteiger partial charge in [-0.25, -0.2) is 15.0 Å². The summed E-state index contributed by atoms with van der Waals surface area (Å²) in [4.78, 5) is 12.8. The molecule has 3 N–H and O–H groups in total. The fourth-order valence-electron chi connectivity index (χ4n) is 1.90. The number of rotatable bonds is 2. The van der Waals surface area contributed by atoms with Gasteiger partial charge < -0.3 is 15.6 Å². The average Bonchev–Trinajstić information content (AvgIpc) is 2.84. The molecule has 100 valence electrons. The van der Waals surface area contributed by atoms with E-state index in [1.54, 1.807) is 23.0 Å². The number of aliphatic hydroxyl groups is 1. The molecular weight excluding hydrogens is 266 g/mol. The molecule has 2 unspecified atom stereocenters. The van der Waals surface area contributed by atoms with E-state index in [9.17, 15) is 5.11 Å². The first-order chi connectivity index (χ1) is 9.19. The Morgan fingerprint density at radius 3 is 3.00 bits per heavy atom. The monoisotopic (exact) mass is 279 g/mol. The molecule has 19 heavy (non-hydrogen) atoms. The summed E-state index contributed by atoms with van der Waals surface area (Å²) in [5.41, 5.74) is 7.04. The highest BCUT2D eigenvalue weighted by Gasteiger charge is 2.20. The van der Waals surface area contributed by atoms with E-state index in [2.05, 4.69) is 15.0 Å². The van der Waals surface area contributed by atoms with Gasteiger partial charge in [0.2, 0.25) is 0 Å². The molecule has 2 aromatic rings. The lowest BCUT2D eigenvalue weighted by molar-refractivity contribution is -0.0165. The molecule has 0 amide bonds. The molecule has 3 rings (SSSR count). The molecule has 1 aliphatic heterocycles. The Balaban J connectivity index is 2.09. The van der Waals surface area contributed by atoms with E-state index in [-0.39, 0.29) is 12.8 Å². The molecule has 0 radical (unpaired) electrons. The summed E-state index contributed by atoms with van der Waals surface area (Å²) >= 11 is 1.41. The molecule has 3 heterocycles. The van der Waals surface area contributed by atoms with Crippen molar-refractivity contribution in [2.24, 2.45) is 0 Å². The molecule has 0 aromatic carbocycles. The normalized spacial score (nSPS) is 23.1. The minimum absolute atomic E-state index is 0.247. The minimum atomic E-state index is -0.563. The maximum Gasteiger partial charge on any atom is 0.191 e. The first-order valence-corrected chi connectivity index (χ1v) is 6.93. The summed E-state index contributed by atoms with van der Waals surface area (Å²) in [6.45, 7) is 0.247. The molecule has 0 fully saturated rings. The van der Waals surface area contributed by atoms with E-state index in [1.807, 2.05) is 6.26 Å². The average molecular weight is 279 g/mol. The van der Waals surface area contributed by atoms with Gasteiger partial charge >= 0.3 is 0 Å². The quantitative estimate of drug-likeness (QED) is 0.471. The van der Waals surface area contributed by atoms with Crippen LogP contribution in [0.3, 0.4) is 0 Å². The fraction of sp³-hybridized carbons (Fsp3) is 0.364. The van der Waals surface area contributed by atoms with E-state index in [4.69, 9.17) is 10.5 Å². The van der Waals surface area contributed by atoms with Gasteiger partial charge in [-0.05, 0) is 12.3 Å². The van der Waals surface area contributed by atoms with Gasteiger partial charge in [0.1, 0.15) is 5.52 Å². The van der Waals surface area contributed by atoms with Crippen LogP contribution < -0.4 is 5.73 Å². The third kappa shape index (κ3) is 2.18. The lowest BCUT2D eigenvalue weighted by atomic mass is 10.3. The summed E-state index contributed by atoms with van der Waals surface area (Å²) in [5, 5.41) is 9.97. The number of aromatic nitrogens is 4. The molecule has 8 heteroatoms. The molecule has 0 saturated carbocycles. The number of hydrogen-bond donors (Lipinski definition) is 2. The zero-order valence-corrected chi connectivity index (χ0v) is 11.0. The first kappa shape index (κ1) is 12.4. The number of nitrogen functional groups attached to an aromatic ring is 1. The van der Waals surface area contributed by atoms with Crippen LogP contribution in [0.2, 0.25) is 0 Å². The number of imidazole rings is 1. The molecule has 0 saturated heterocycles. The van der Waals surface area contributed by atoms with Crippen molar-refractivity contribution in [1.82, 2.24) is 19.5 Å². The van der Waals surface area contributed by atoms with Crippen molar-refractivity contribution in [2.75, 3.05) is 18.6 Å². The Hall–Kier alpha value is -1.64. The Kier molecular flexibility index (Phi) is 3.13. The highest BCUT2D eigenvalue weighted by molar-refractivity contribution is 7.98. The summed E-state index contributed by atoms with van der Waals surface area (Å²) in [6.07, 6.45) is 6.07. The van der Waals surface area contributed by atoms with Gasteiger partial charge in [-0.1, -0.05) is 17.8 Å². The smallest absolute Gasteiger partial charge is 0.191 e. The third-order valence-corrected chi connectivity index (χ3v) is 3.37. The van der Waals surface area contributed by atoms with Gasteiger partial charge in [0.25, 0.3) is 0 Å². The Morgan fingerprint density at radius 2 is 2.32 bits per heavy atom. The van der Waals surface area contributed by atoms with Crippen molar-refractivity contribution in [3.63, 3.8) is 0 Å². The lowest BCUT2D eigenvalue weighted by Crippen LogP contribution is -2.23. The summed E-state index contributed by atoms with van der Waals surface area (Å²) in [6, 6.07) is 0. The minimum Gasteiger partial charge on any atom is -0.387 e. The lowest BCUT2D eigenvalue weighted by Gasteiger charge is -2.21. The van der Waals surface area contributed by atoms with Crippen LogP contribution in [-0.4, -0.2) is 43.6 Å². The van der Waals surface area contributed by atoms with Gasteiger partial charge in [-0.3, -0.25) is 4.57 Å². The topological polar surface area (TPSA) is 99.1 Å². The second kappa shape index (κ2) is 4.80. The van der Waals surface area contributed by atoms with Gasteiger partial charge in [0.05, 0.1) is 19.0 Å². The van der Waals surface area contributed by atoms with Crippen molar-refractivity contribution >= 4 is 28.7 Å². The van der Waals surface area contributed by atoms with E-state index in [1.165, 1.54) is 11.8 Å². The summed E-state index contributed by atoms with van der Waals surface area (Å²) < 4.78 is 7.31. The zero-order valence-electron chi connectivity index (χ0n) is 10.2. The van der Waals surface area contributed by atoms with Crippen molar-refractivity contribution in [3.8, 4) is 0 Å². The van der Waals surface area contributed by atoms with E-state index in [0.717, 1.165) is 0 Å². The Morgan fingerprint density at radius 1 is 1.47 bits per heavy atom. The number of thioether (sulfide) groups is 1. The van der Waals surface area contributed by atoms with Gasteiger partial charge in [0.15, 0.2) is 22.8 Å². The number of nitrogens with zero attached hydrogens (tertiary/aromatic N) is 4.